The molecule has 7 heteroatoms. The van der Waals surface area contributed by atoms with Crippen molar-refractivity contribution in [3.8, 4) is 0 Å². The van der Waals surface area contributed by atoms with E-state index in [4.69, 9.17) is 9.26 Å². The number of rotatable bonds is 5. The van der Waals surface area contributed by atoms with Gasteiger partial charge in [-0.05, 0) is 25.2 Å². The van der Waals surface area contributed by atoms with Crippen LogP contribution in [0.4, 0.5) is 0 Å². The molecule has 0 aromatic carbocycles. The second kappa shape index (κ2) is 7.53. The van der Waals surface area contributed by atoms with Gasteiger partial charge in [-0.3, -0.25) is 4.79 Å². The third kappa shape index (κ3) is 3.97. The minimum Gasteiger partial charge on any atom is -0.370 e. The molecule has 1 atom stereocenters. The van der Waals surface area contributed by atoms with Crippen molar-refractivity contribution in [3.05, 3.63) is 41.3 Å². The fourth-order valence-electron chi connectivity index (χ4n) is 2.50. The van der Waals surface area contributed by atoms with E-state index in [1.165, 1.54) is 0 Å². The van der Waals surface area contributed by atoms with Gasteiger partial charge in [-0.2, -0.15) is 0 Å². The van der Waals surface area contributed by atoms with Crippen molar-refractivity contribution in [3.63, 3.8) is 0 Å². The molecule has 1 aliphatic heterocycles. The van der Waals surface area contributed by atoms with Crippen molar-refractivity contribution in [1.29, 1.82) is 0 Å². The van der Waals surface area contributed by atoms with Crippen LogP contribution in [0, 0.1) is 0 Å². The second-order valence-corrected chi connectivity index (χ2v) is 6.26. The zero-order valence-electron chi connectivity index (χ0n) is 14.0. The third-order valence-electron chi connectivity index (χ3n) is 3.99. The minimum absolute atomic E-state index is 0.00830. The molecule has 128 valence electrons. The molecule has 1 aliphatic rings. The van der Waals surface area contributed by atoms with Gasteiger partial charge in [0.15, 0.2) is 5.82 Å². The summed E-state index contributed by atoms with van der Waals surface area (Å²) in [5.74, 6) is 0.848. The van der Waals surface area contributed by atoms with Crippen molar-refractivity contribution in [2.45, 2.75) is 51.7 Å². The summed E-state index contributed by atoms with van der Waals surface area (Å²) in [5.41, 5.74) is 1.59. The number of aromatic nitrogens is 3. The molecule has 0 unspecified atom stereocenters. The minimum atomic E-state index is -0.297. The molecule has 1 saturated heterocycles. The van der Waals surface area contributed by atoms with Gasteiger partial charge in [0.1, 0.15) is 6.10 Å². The Balaban J connectivity index is 1.54. The molecule has 0 aliphatic carbocycles. The summed E-state index contributed by atoms with van der Waals surface area (Å²) in [4.78, 5) is 20.8. The molecule has 7 nitrogen and oxygen atoms in total. The highest BCUT2D eigenvalue weighted by molar-refractivity contribution is 5.91. The first-order valence-electron chi connectivity index (χ1n) is 8.30. The van der Waals surface area contributed by atoms with Crippen molar-refractivity contribution in [2.24, 2.45) is 0 Å². The van der Waals surface area contributed by atoms with E-state index in [-0.39, 0.29) is 23.7 Å². The summed E-state index contributed by atoms with van der Waals surface area (Å²) in [5, 5.41) is 6.66. The standard InChI is InChI=1S/C17H22N4O3/c1-11(2)13-7-15(24-21-13)17(22)20-10-12-8-18-16(19-9-12)14-5-3-4-6-23-14/h7-9,11,14H,3-6,10H2,1-2H3,(H,20,22)/t14-/m0/s1. The summed E-state index contributed by atoms with van der Waals surface area (Å²) in [6.45, 7) is 5.09. The predicted octanol–water partition coefficient (Wildman–Crippen LogP) is 2.76. The van der Waals surface area contributed by atoms with Crippen LogP contribution in [0.25, 0.3) is 0 Å². The smallest absolute Gasteiger partial charge is 0.290 e. The maximum Gasteiger partial charge on any atom is 0.290 e. The second-order valence-electron chi connectivity index (χ2n) is 6.26. The van der Waals surface area contributed by atoms with Crippen LogP contribution in [0.15, 0.2) is 23.0 Å². The van der Waals surface area contributed by atoms with E-state index in [1.807, 2.05) is 13.8 Å². The SMILES string of the molecule is CC(C)c1cc(C(=O)NCc2cnc([C@@H]3CCCCO3)nc2)on1. The van der Waals surface area contributed by atoms with Crippen LogP contribution >= 0.6 is 0 Å². The van der Waals surface area contributed by atoms with Crippen molar-refractivity contribution in [1.82, 2.24) is 20.4 Å². The fourth-order valence-corrected chi connectivity index (χ4v) is 2.50. The van der Waals surface area contributed by atoms with E-state index in [9.17, 15) is 4.79 Å². The molecule has 3 rings (SSSR count). The van der Waals surface area contributed by atoms with Gasteiger partial charge >= 0.3 is 0 Å². The highest BCUT2D eigenvalue weighted by Gasteiger charge is 2.19. The molecular weight excluding hydrogens is 308 g/mol. The fraction of sp³-hybridized carbons (Fsp3) is 0.529. The predicted molar refractivity (Wildman–Crippen MR) is 86.3 cm³/mol. The van der Waals surface area contributed by atoms with Gasteiger partial charge in [-0.25, -0.2) is 9.97 Å². The van der Waals surface area contributed by atoms with Gasteiger partial charge in [0.2, 0.25) is 5.76 Å². The number of carbonyl (C=O) groups excluding carboxylic acids is 1. The molecule has 2 aromatic heterocycles. The first-order valence-corrected chi connectivity index (χ1v) is 8.30. The molecule has 2 aromatic rings. The van der Waals surface area contributed by atoms with Crippen LogP contribution in [0.5, 0.6) is 0 Å². The maximum absolute atomic E-state index is 12.1. The summed E-state index contributed by atoms with van der Waals surface area (Å²) < 4.78 is 10.7. The molecule has 0 radical (unpaired) electrons. The van der Waals surface area contributed by atoms with Gasteiger partial charge in [-0.15, -0.1) is 0 Å². The number of hydrogen-bond donors (Lipinski definition) is 1. The number of carbonyl (C=O) groups is 1. The van der Waals surface area contributed by atoms with Crippen molar-refractivity contribution < 1.29 is 14.1 Å². The molecule has 0 spiro atoms. The number of nitrogens with zero attached hydrogens (tertiary/aromatic N) is 3. The molecule has 3 heterocycles. The quantitative estimate of drug-likeness (QED) is 0.906. The number of ether oxygens (including phenoxy) is 1. The molecule has 0 bridgehead atoms. The van der Waals surface area contributed by atoms with Crippen LogP contribution < -0.4 is 5.32 Å². The Bertz CT molecular complexity index is 675. The van der Waals surface area contributed by atoms with Crippen LogP contribution in [-0.2, 0) is 11.3 Å². The van der Waals surface area contributed by atoms with Crippen molar-refractivity contribution in [2.75, 3.05) is 6.61 Å². The average molecular weight is 330 g/mol. The molecular formula is C17H22N4O3. The molecule has 0 saturated carbocycles. The molecule has 1 fully saturated rings. The van der Waals surface area contributed by atoms with Gasteiger partial charge in [0.25, 0.3) is 5.91 Å². The zero-order valence-corrected chi connectivity index (χ0v) is 14.0. The lowest BCUT2D eigenvalue weighted by Gasteiger charge is -2.21. The lowest BCUT2D eigenvalue weighted by Crippen LogP contribution is -2.22. The van der Waals surface area contributed by atoms with Gasteiger partial charge in [0, 0.05) is 37.2 Å². The van der Waals surface area contributed by atoms with E-state index >= 15 is 0 Å². The van der Waals surface area contributed by atoms with E-state index in [1.54, 1.807) is 18.5 Å². The van der Waals surface area contributed by atoms with Gasteiger partial charge in [-0.1, -0.05) is 19.0 Å². The molecule has 24 heavy (non-hydrogen) atoms. The summed E-state index contributed by atoms with van der Waals surface area (Å²) >= 11 is 0. The number of nitrogens with one attached hydrogen (secondary N) is 1. The first-order chi connectivity index (χ1) is 11.6. The summed E-state index contributed by atoms with van der Waals surface area (Å²) in [7, 11) is 0. The largest absolute Gasteiger partial charge is 0.370 e. The highest BCUT2D eigenvalue weighted by Crippen LogP contribution is 2.24. The Morgan fingerprint density at radius 1 is 1.33 bits per heavy atom. The van der Waals surface area contributed by atoms with E-state index < -0.39 is 0 Å². The van der Waals surface area contributed by atoms with Crippen molar-refractivity contribution >= 4 is 5.91 Å². The van der Waals surface area contributed by atoms with E-state index in [0.29, 0.717) is 12.4 Å². The Morgan fingerprint density at radius 2 is 2.12 bits per heavy atom. The lowest BCUT2D eigenvalue weighted by molar-refractivity contribution is 0.00940. The average Bonchev–Trinajstić information content (AvgIpc) is 3.11. The highest BCUT2D eigenvalue weighted by atomic mass is 16.5. The Labute approximate surface area is 140 Å². The Kier molecular flexibility index (Phi) is 5.20. The van der Waals surface area contributed by atoms with Gasteiger partial charge < -0.3 is 14.6 Å². The number of amides is 1. The first kappa shape index (κ1) is 16.6. The monoisotopic (exact) mass is 330 g/mol. The summed E-state index contributed by atoms with van der Waals surface area (Å²) in [6.07, 6.45) is 6.63. The normalized spacial score (nSPS) is 17.9. The molecule has 1 amide bonds. The van der Waals surface area contributed by atoms with E-state index in [0.717, 1.165) is 37.1 Å². The Morgan fingerprint density at radius 3 is 2.75 bits per heavy atom. The van der Waals surface area contributed by atoms with Gasteiger partial charge in [0.05, 0.1) is 5.69 Å². The molecule has 1 N–H and O–H groups in total. The third-order valence-corrected chi connectivity index (χ3v) is 3.99. The van der Waals surface area contributed by atoms with Crippen LogP contribution in [0.2, 0.25) is 0 Å². The number of hydrogen-bond acceptors (Lipinski definition) is 6. The Hall–Kier alpha value is -2.28. The summed E-state index contributed by atoms with van der Waals surface area (Å²) in [6, 6.07) is 1.67. The topological polar surface area (TPSA) is 90.1 Å². The van der Waals surface area contributed by atoms with Crippen LogP contribution in [-0.4, -0.2) is 27.6 Å². The van der Waals surface area contributed by atoms with Crippen LogP contribution in [0.1, 0.15) is 72.8 Å². The zero-order chi connectivity index (χ0) is 16.9. The maximum atomic E-state index is 12.1. The van der Waals surface area contributed by atoms with E-state index in [2.05, 4.69) is 20.4 Å². The lowest BCUT2D eigenvalue weighted by atomic mass is 10.1. The van der Waals surface area contributed by atoms with Crippen LogP contribution in [0.3, 0.4) is 0 Å².